The van der Waals surface area contributed by atoms with Gasteiger partial charge in [0.15, 0.2) is 6.29 Å². The van der Waals surface area contributed by atoms with Crippen molar-refractivity contribution in [2.75, 3.05) is 13.7 Å². The van der Waals surface area contributed by atoms with Gasteiger partial charge in [0, 0.05) is 13.0 Å². The van der Waals surface area contributed by atoms with Crippen molar-refractivity contribution < 1.29 is 9.47 Å². The predicted molar refractivity (Wildman–Crippen MR) is 60.7 cm³/mol. The van der Waals surface area contributed by atoms with Crippen LogP contribution in [0.4, 0.5) is 0 Å². The minimum absolute atomic E-state index is 0.0921. The first kappa shape index (κ1) is 11.4. The average molecular weight is 212 g/mol. The molecule has 2 aliphatic rings. The van der Waals surface area contributed by atoms with Gasteiger partial charge in [-0.3, -0.25) is 0 Å². The first-order valence-corrected chi connectivity index (χ1v) is 6.56. The normalized spacial score (nSPS) is 38.6. The summed E-state index contributed by atoms with van der Waals surface area (Å²) in [4.78, 5) is 0. The van der Waals surface area contributed by atoms with Gasteiger partial charge >= 0.3 is 0 Å². The zero-order chi connectivity index (χ0) is 10.5. The Balaban J connectivity index is 1.90. The summed E-state index contributed by atoms with van der Waals surface area (Å²) in [5.74, 6) is 1.45. The minimum Gasteiger partial charge on any atom is -0.356 e. The molecule has 2 fully saturated rings. The van der Waals surface area contributed by atoms with Gasteiger partial charge in [0.2, 0.25) is 0 Å². The second-order valence-corrected chi connectivity index (χ2v) is 5.06. The van der Waals surface area contributed by atoms with Gasteiger partial charge in [-0.2, -0.15) is 0 Å². The molecule has 0 aromatic heterocycles. The van der Waals surface area contributed by atoms with E-state index in [0.717, 1.165) is 12.5 Å². The van der Waals surface area contributed by atoms with E-state index < -0.39 is 0 Å². The zero-order valence-corrected chi connectivity index (χ0v) is 9.91. The highest BCUT2D eigenvalue weighted by atomic mass is 16.7. The van der Waals surface area contributed by atoms with Crippen LogP contribution in [0.2, 0.25) is 0 Å². The Bertz CT molecular complexity index is 181. The molecule has 0 aromatic carbocycles. The molecule has 0 unspecified atom stereocenters. The van der Waals surface area contributed by atoms with Crippen molar-refractivity contribution in [1.82, 2.24) is 0 Å². The topological polar surface area (TPSA) is 18.5 Å². The van der Waals surface area contributed by atoms with Crippen LogP contribution in [0.1, 0.15) is 51.4 Å². The molecule has 1 aliphatic carbocycles. The molecule has 0 bridgehead atoms. The van der Waals surface area contributed by atoms with E-state index in [1.165, 1.54) is 51.4 Å². The Morgan fingerprint density at radius 1 is 0.933 bits per heavy atom. The molecule has 2 heteroatoms. The van der Waals surface area contributed by atoms with Gasteiger partial charge in [-0.15, -0.1) is 0 Å². The molecule has 15 heavy (non-hydrogen) atoms. The van der Waals surface area contributed by atoms with Crippen LogP contribution in [0, 0.1) is 11.8 Å². The van der Waals surface area contributed by atoms with Gasteiger partial charge < -0.3 is 9.47 Å². The van der Waals surface area contributed by atoms with Crippen molar-refractivity contribution >= 4 is 0 Å². The Morgan fingerprint density at radius 3 is 2.33 bits per heavy atom. The first-order chi connectivity index (χ1) is 7.42. The second kappa shape index (κ2) is 5.86. The van der Waals surface area contributed by atoms with E-state index in [4.69, 9.17) is 9.47 Å². The fraction of sp³-hybridized carbons (Fsp3) is 1.00. The summed E-state index contributed by atoms with van der Waals surface area (Å²) < 4.78 is 11.1. The molecule has 0 spiro atoms. The third kappa shape index (κ3) is 2.94. The highest BCUT2D eigenvalue weighted by Gasteiger charge is 2.36. The van der Waals surface area contributed by atoms with Crippen LogP contribution in [0.5, 0.6) is 0 Å². The summed E-state index contributed by atoms with van der Waals surface area (Å²) in [5.41, 5.74) is 0. The lowest BCUT2D eigenvalue weighted by Crippen LogP contribution is -2.22. The van der Waals surface area contributed by atoms with Gasteiger partial charge in [0.1, 0.15) is 0 Å². The molecule has 2 rings (SSSR count). The zero-order valence-electron chi connectivity index (χ0n) is 9.91. The monoisotopic (exact) mass is 212 g/mol. The summed E-state index contributed by atoms with van der Waals surface area (Å²) in [6.07, 6.45) is 11.2. The van der Waals surface area contributed by atoms with E-state index in [-0.39, 0.29) is 6.29 Å². The number of rotatable bonds is 1. The van der Waals surface area contributed by atoms with Gasteiger partial charge in [-0.1, -0.05) is 38.5 Å². The third-order valence-electron chi connectivity index (χ3n) is 4.02. The summed E-state index contributed by atoms with van der Waals surface area (Å²) in [5, 5.41) is 0. The summed E-state index contributed by atoms with van der Waals surface area (Å²) in [7, 11) is 1.78. The molecule has 1 saturated heterocycles. The molecular weight excluding hydrogens is 188 g/mol. The van der Waals surface area contributed by atoms with E-state index >= 15 is 0 Å². The lowest BCUT2D eigenvalue weighted by Gasteiger charge is -2.22. The van der Waals surface area contributed by atoms with Crippen LogP contribution in [-0.4, -0.2) is 20.0 Å². The van der Waals surface area contributed by atoms with Crippen LogP contribution in [-0.2, 0) is 9.47 Å². The largest absolute Gasteiger partial charge is 0.356 e. The van der Waals surface area contributed by atoms with E-state index in [9.17, 15) is 0 Å². The molecule has 0 aromatic rings. The van der Waals surface area contributed by atoms with Crippen LogP contribution in [0.3, 0.4) is 0 Å². The third-order valence-corrected chi connectivity index (χ3v) is 4.02. The van der Waals surface area contributed by atoms with Crippen molar-refractivity contribution in [3.63, 3.8) is 0 Å². The smallest absolute Gasteiger partial charge is 0.160 e. The SMILES string of the molecule is CO[C@@H]1OC[C@H]2CCCCCCCC[C@H]21. The molecule has 1 aliphatic heterocycles. The second-order valence-electron chi connectivity index (χ2n) is 5.06. The van der Waals surface area contributed by atoms with E-state index in [2.05, 4.69) is 0 Å². The highest BCUT2D eigenvalue weighted by molar-refractivity contribution is 4.79. The standard InChI is InChI=1S/C13H24O2/c1-14-13-12-9-7-5-3-2-4-6-8-11(12)10-15-13/h11-13H,2-10H2,1H3/t11-,12-,13-/m1/s1. The number of ether oxygens (including phenoxy) is 2. The average Bonchev–Trinajstić information content (AvgIpc) is 2.66. The molecule has 88 valence electrons. The maximum Gasteiger partial charge on any atom is 0.160 e. The van der Waals surface area contributed by atoms with Crippen molar-refractivity contribution in [1.29, 1.82) is 0 Å². The fourth-order valence-electron chi connectivity index (χ4n) is 3.09. The Kier molecular flexibility index (Phi) is 4.45. The lowest BCUT2D eigenvalue weighted by molar-refractivity contribution is -0.111. The van der Waals surface area contributed by atoms with Crippen molar-refractivity contribution in [2.45, 2.75) is 57.7 Å². The highest BCUT2D eigenvalue weighted by Crippen LogP contribution is 2.36. The van der Waals surface area contributed by atoms with Crippen molar-refractivity contribution in [3.05, 3.63) is 0 Å². The molecule has 2 nitrogen and oxygen atoms in total. The van der Waals surface area contributed by atoms with E-state index in [0.29, 0.717) is 5.92 Å². The first-order valence-electron chi connectivity index (χ1n) is 6.56. The molecule has 0 radical (unpaired) electrons. The number of fused-ring (bicyclic) bond motifs is 1. The summed E-state index contributed by atoms with van der Waals surface area (Å²) >= 11 is 0. The lowest BCUT2D eigenvalue weighted by atomic mass is 9.84. The number of hydrogen-bond donors (Lipinski definition) is 0. The Labute approximate surface area is 93.3 Å². The molecule has 0 amide bonds. The van der Waals surface area contributed by atoms with Gasteiger partial charge in [0.05, 0.1) is 6.61 Å². The molecule has 0 N–H and O–H groups in total. The van der Waals surface area contributed by atoms with Crippen LogP contribution in [0.15, 0.2) is 0 Å². The minimum atomic E-state index is 0.0921. The van der Waals surface area contributed by atoms with Crippen LogP contribution >= 0.6 is 0 Å². The summed E-state index contributed by atoms with van der Waals surface area (Å²) in [6, 6.07) is 0. The molecule has 1 saturated carbocycles. The van der Waals surface area contributed by atoms with Gasteiger partial charge in [-0.05, 0) is 18.8 Å². The van der Waals surface area contributed by atoms with Crippen LogP contribution < -0.4 is 0 Å². The Hall–Kier alpha value is -0.0800. The number of methoxy groups -OCH3 is 1. The number of hydrogen-bond acceptors (Lipinski definition) is 2. The van der Waals surface area contributed by atoms with Gasteiger partial charge in [-0.25, -0.2) is 0 Å². The fourth-order valence-corrected chi connectivity index (χ4v) is 3.09. The van der Waals surface area contributed by atoms with E-state index in [1.807, 2.05) is 0 Å². The maximum absolute atomic E-state index is 5.72. The summed E-state index contributed by atoms with van der Waals surface area (Å²) in [6.45, 7) is 0.934. The predicted octanol–water partition coefficient (Wildman–Crippen LogP) is 3.36. The van der Waals surface area contributed by atoms with Crippen LogP contribution in [0.25, 0.3) is 0 Å². The molecule has 3 atom stereocenters. The maximum atomic E-state index is 5.72. The molecule has 1 heterocycles. The van der Waals surface area contributed by atoms with E-state index in [1.54, 1.807) is 7.11 Å². The molecular formula is C13H24O2. The van der Waals surface area contributed by atoms with Crippen molar-refractivity contribution in [2.24, 2.45) is 11.8 Å². The quantitative estimate of drug-likeness (QED) is 0.663. The Morgan fingerprint density at radius 2 is 1.60 bits per heavy atom. The van der Waals surface area contributed by atoms with Gasteiger partial charge in [0.25, 0.3) is 0 Å². The van der Waals surface area contributed by atoms with Crippen molar-refractivity contribution in [3.8, 4) is 0 Å².